The monoisotopic (exact) mass is 190 g/mol. The van der Waals surface area contributed by atoms with Gasteiger partial charge in [0.2, 0.25) is 0 Å². The van der Waals surface area contributed by atoms with Crippen molar-refractivity contribution < 1.29 is 5.11 Å². The van der Waals surface area contributed by atoms with Crippen LogP contribution in [0.3, 0.4) is 0 Å². The lowest BCUT2D eigenvalue weighted by atomic mass is 10.2. The van der Waals surface area contributed by atoms with E-state index in [0.717, 1.165) is 16.9 Å². The van der Waals surface area contributed by atoms with Crippen molar-refractivity contribution in [3.63, 3.8) is 0 Å². The minimum atomic E-state index is -0.0531. The molecule has 0 radical (unpaired) electrons. The molecule has 14 heavy (non-hydrogen) atoms. The second-order valence-electron chi connectivity index (χ2n) is 2.95. The molecule has 5 heteroatoms. The summed E-state index contributed by atoms with van der Waals surface area (Å²) in [5, 5.41) is 13.1. The number of pyridine rings is 1. The Balaban J connectivity index is 2.55. The van der Waals surface area contributed by atoms with Crippen LogP contribution in [0.5, 0.6) is 0 Å². The summed E-state index contributed by atoms with van der Waals surface area (Å²) in [6.45, 7) is 1.84. The Kier molecular flexibility index (Phi) is 2.24. The highest BCUT2D eigenvalue weighted by atomic mass is 16.3. The number of aliphatic hydroxyl groups is 1. The third-order valence-corrected chi connectivity index (χ3v) is 1.93. The second-order valence-corrected chi connectivity index (χ2v) is 2.95. The molecule has 0 saturated heterocycles. The molecule has 0 aromatic carbocycles. The van der Waals surface area contributed by atoms with Crippen LogP contribution in [0.2, 0.25) is 0 Å². The maximum absolute atomic E-state index is 9.11. The van der Waals surface area contributed by atoms with Gasteiger partial charge in [0, 0.05) is 17.5 Å². The lowest BCUT2D eigenvalue weighted by molar-refractivity contribution is 0.281. The van der Waals surface area contributed by atoms with Crippen molar-refractivity contribution in [2.45, 2.75) is 13.5 Å². The zero-order valence-corrected chi connectivity index (χ0v) is 7.75. The molecule has 2 aromatic rings. The van der Waals surface area contributed by atoms with Gasteiger partial charge in [-0.25, -0.2) is 9.67 Å². The predicted molar refractivity (Wildman–Crippen MR) is 49.8 cm³/mol. The maximum atomic E-state index is 9.11. The first-order valence-electron chi connectivity index (χ1n) is 4.22. The predicted octanol–water partition coefficient (Wildman–Crippen LogP) is 0.463. The van der Waals surface area contributed by atoms with E-state index < -0.39 is 0 Å². The molecule has 0 aliphatic carbocycles. The van der Waals surface area contributed by atoms with Crippen LogP contribution < -0.4 is 0 Å². The normalized spacial score (nSPS) is 10.4. The van der Waals surface area contributed by atoms with Gasteiger partial charge in [-0.15, -0.1) is 0 Å². The largest absolute Gasteiger partial charge is 0.392 e. The van der Waals surface area contributed by atoms with Gasteiger partial charge >= 0.3 is 0 Å². The topological polar surface area (TPSA) is 63.8 Å². The van der Waals surface area contributed by atoms with Gasteiger partial charge in [-0.2, -0.15) is 5.10 Å². The van der Waals surface area contributed by atoms with Gasteiger partial charge in [-0.3, -0.25) is 4.98 Å². The van der Waals surface area contributed by atoms with Crippen molar-refractivity contribution in [3.8, 4) is 5.69 Å². The lowest BCUT2D eigenvalue weighted by Gasteiger charge is -2.06. The van der Waals surface area contributed by atoms with E-state index in [1.165, 1.54) is 6.33 Å². The summed E-state index contributed by atoms with van der Waals surface area (Å²) in [6, 6.07) is 1.86. The van der Waals surface area contributed by atoms with Crippen molar-refractivity contribution in [1.29, 1.82) is 0 Å². The van der Waals surface area contributed by atoms with Crippen LogP contribution in [-0.2, 0) is 6.61 Å². The fourth-order valence-corrected chi connectivity index (χ4v) is 1.24. The summed E-state index contributed by atoms with van der Waals surface area (Å²) >= 11 is 0. The van der Waals surface area contributed by atoms with Gasteiger partial charge < -0.3 is 5.11 Å². The number of hydrogen-bond donors (Lipinski definition) is 1. The van der Waals surface area contributed by atoms with Gasteiger partial charge in [0.05, 0.1) is 12.3 Å². The van der Waals surface area contributed by atoms with E-state index in [2.05, 4.69) is 15.1 Å². The summed E-state index contributed by atoms with van der Waals surface area (Å²) in [5.41, 5.74) is 2.44. The van der Waals surface area contributed by atoms with Gasteiger partial charge in [-0.05, 0) is 13.0 Å². The number of aromatic nitrogens is 4. The average molecular weight is 190 g/mol. The fraction of sp³-hybridized carbons (Fsp3) is 0.222. The number of hydrogen-bond acceptors (Lipinski definition) is 4. The molecule has 0 unspecified atom stereocenters. The van der Waals surface area contributed by atoms with E-state index in [4.69, 9.17) is 5.11 Å². The SMILES string of the molecule is Cc1cc(-n2cncn2)c(CO)cn1. The molecule has 0 spiro atoms. The molecule has 0 amide bonds. The quantitative estimate of drug-likeness (QED) is 0.747. The van der Waals surface area contributed by atoms with E-state index in [9.17, 15) is 0 Å². The summed E-state index contributed by atoms with van der Waals surface area (Å²) < 4.78 is 1.61. The van der Waals surface area contributed by atoms with Crippen molar-refractivity contribution in [2.24, 2.45) is 0 Å². The van der Waals surface area contributed by atoms with Crippen LogP contribution in [0.25, 0.3) is 5.69 Å². The van der Waals surface area contributed by atoms with Crippen LogP contribution in [0, 0.1) is 6.92 Å². The number of aliphatic hydroxyl groups excluding tert-OH is 1. The fourth-order valence-electron chi connectivity index (χ4n) is 1.24. The zero-order valence-electron chi connectivity index (χ0n) is 7.75. The maximum Gasteiger partial charge on any atom is 0.138 e. The highest BCUT2D eigenvalue weighted by Crippen LogP contribution is 2.13. The molecule has 2 heterocycles. The molecule has 0 aliphatic rings. The van der Waals surface area contributed by atoms with Gasteiger partial charge in [0.25, 0.3) is 0 Å². The minimum Gasteiger partial charge on any atom is -0.392 e. The first kappa shape index (κ1) is 8.83. The zero-order chi connectivity index (χ0) is 9.97. The first-order valence-corrected chi connectivity index (χ1v) is 4.22. The molecule has 2 aromatic heterocycles. The van der Waals surface area contributed by atoms with E-state index in [-0.39, 0.29) is 6.61 Å². The Morgan fingerprint density at radius 2 is 2.36 bits per heavy atom. The van der Waals surface area contributed by atoms with E-state index >= 15 is 0 Å². The van der Waals surface area contributed by atoms with Gasteiger partial charge in [-0.1, -0.05) is 0 Å². The average Bonchev–Trinajstić information content (AvgIpc) is 2.70. The van der Waals surface area contributed by atoms with Crippen LogP contribution >= 0.6 is 0 Å². The number of aryl methyl sites for hydroxylation is 1. The molecule has 5 nitrogen and oxygen atoms in total. The smallest absolute Gasteiger partial charge is 0.138 e. The Labute approximate surface area is 81.1 Å². The molecule has 0 saturated carbocycles. The molecule has 72 valence electrons. The van der Waals surface area contributed by atoms with E-state index in [1.54, 1.807) is 17.2 Å². The summed E-state index contributed by atoms with van der Waals surface area (Å²) in [4.78, 5) is 7.95. The molecule has 2 rings (SSSR count). The van der Waals surface area contributed by atoms with E-state index in [1.807, 2.05) is 13.0 Å². The Morgan fingerprint density at radius 1 is 1.50 bits per heavy atom. The molecular weight excluding hydrogens is 180 g/mol. The molecule has 0 aliphatic heterocycles. The third kappa shape index (κ3) is 1.49. The Morgan fingerprint density at radius 3 is 3.00 bits per heavy atom. The number of rotatable bonds is 2. The molecule has 0 atom stereocenters. The molecule has 1 N–H and O–H groups in total. The van der Waals surface area contributed by atoms with Crippen molar-refractivity contribution in [1.82, 2.24) is 19.7 Å². The van der Waals surface area contributed by atoms with Gasteiger partial charge in [0.1, 0.15) is 12.7 Å². The van der Waals surface area contributed by atoms with Gasteiger partial charge in [0.15, 0.2) is 0 Å². The lowest BCUT2D eigenvalue weighted by Crippen LogP contribution is -2.02. The Bertz CT molecular complexity index is 424. The number of nitrogens with zero attached hydrogens (tertiary/aromatic N) is 4. The standard InChI is InChI=1S/C9H10N4O/c1-7-2-9(8(4-14)3-11-7)13-6-10-5-12-13/h2-3,5-6,14H,4H2,1H3. The van der Waals surface area contributed by atoms with E-state index in [0.29, 0.717) is 0 Å². The highest BCUT2D eigenvalue weighted by molar-refractivity contribution is 5.38. The van der Waals surface area contributed by atoms with Crippen LogP contribution in [0.4, 0.5) is 0 Å². The van der Waals surface area contributed by atoms with Crippen molar-refractivity contribution >= 4 is 0 Å². The summed E-state index contributed by atoms with van der Waals surface area (Å²) in [7, 11) is 0. The van der Waals surface area contributed by atoms with Crippen molar-refractivity contribution in [2.75, 3.05) is 0 Å². The second kappa shape index (κ2) is 3.55. The molecular formula is C9H10N4O. The van der Waals surface area contributed by atoms with Crippen LogP contribution in [0.15, 0.2) is 24.9 Å². The Hall–Kier alpha value is -1.75. The molecule has 0 fully saturated rings. The third-order valence-electron chi connectivity index (χ3n) is 1.93. The summed E-state index contributed by atoms with van der Waals surface area (Å²) in [6.07, 6.45) is 4.69. The highest BCUT2D eigenvalue weighted by Gasteiger charge is 2.05. The first-order chi connectivity index (χ1) is 6.81. The van der Waals surface area contributed by atoms with Crippen LogP contribution in [-0.4, -0.2) is 24.9 Å². The minimum absolute atomic E-state index is 0.0531. The summed E-state index contributed by atoms with van der Waals surface area (Å²) in [5.74, 6) is 0. The van der Waals surface area contributed by atoms with Crippen molar-refractivity contribution in [3.05, 3.63) is 36.2 Å². The molecule has 0 bridgehead atoms. The van der Waals surface area contributed by atoms with Crippen LogP contribution in [0.1, 0.15) is 11.3 Å².